The molecule has 3 rings (SSSR count). The molecule has 7 heteroatoms. The Kier molecular flexibility index (Phi) is 5.46. The van der Waals surface area contributed by atoms with Gasteiger partial charge in [-0.15, -0.1) is 0 Å². The van der Waals surface area contributed by atoms with Gasteiger partial charge in [0.15, 0.2) is 0 Å². The molecule has 1 saturated carbocycles. The summed E-state index contributed by atoms with van der Waals surface area (Å²) in [5.41, 5.74) is -0.338. The van der Waals surface area contributed by atoms with Crippen LogP contribution in [-0.2, 0) is 10.0 Å². The van der Waals surface area contributed by atoms with Crippen molar-refractivity contribution in [2.24, 2.45) is 0 Å². The minimum Gasteiger partial charge on any atom is -0.389 e. The van der Waals surface area contributed by atoms with E-state index in [1.165, 1.54) is 0 Å². The van der Waals surface area contributed by atoms with Gasteiger partial charge in [-0.05, 0) is 37.8 Å². The second kappa shape index (κ2) is 7.43. The number of aliphatic hydroxyl groups is 1. The van der Waals surface area contributed by atoms with Gasteiger partial charge in [0, 0.05) is 25.2 Å². The summed E-state index contributed by atoms with van der Waals surface area (Å²) in [5, 5.41) is 9.72. The Morgan fingerprint density at radius 3 is 2.56 bits per heavy atom. The zero-order valence-corrected chi connectivity index (χ0v) is 15.2. The summed E-state index contributed by atoms with van der Waals surface area (Å²) in [6.45, 7) is 0.837. The number of nitrogens with zero attached hydrogens (tertiary/aromatic N) is 1. The van der Waals surface area contributed by atoms with E-state index in [9.17, 15) is 18.3 Å². The lowest BCUT2D eigenvalue weighted by atomic mass is 10.0. The molecule has 0 unspecified atom stereocenters. The number of carbonyl (C=O) groups excluding carboxylic acids is 1. The van der Waals surface area contributed by atoms with Crippen molar-refractivity contribution in [3.63, 3.8) is 0 Å². The Balaban J connectivity index is 1.63. The first-order valence-electron chi connectivity index (χ1n) is 8.95. The molecule has 1 aliphatic heterocycles. The highest BCUT2D eigenvalue weighted by Crippen LogP contribution is 2.29. The summed E-state index contributed by atoms with van der Waals surface area (Å²) in [6, 6.07) is 8.94. The smallest absolute Gasteiger partial charge is 0.253 e. The highest BCUT2D eigenvalue weighted by molar-refractivity contribution is 7.90. The van der Waals surface area contributed by atoms with Crippen LogP contribution in [0.25, 0.3) is 0 Å². The average molecular weight is 366 g/mol. The summed E-state index contributed by atoms with van der Waals surface area (Å²) in [5.74, 6) is -0.130. The second-order valence-electron chi connectivity index (χ2n) is 7.18. The van der Waals surface area contributed by atoms with Crippen LogP contribution in [-0.4, -0.2) is 54.8 Å². The Labute approximate surface area is 149 Å². The van der Waals surface area contributed by atoms with E-state index in [0.717, 1.165) is 12.8 Å². The minimum absolute atomic E-state index is 0.0679. The van der Waals surface area contributed by atoms with Gasteiger partial charge in [-0.2, -0.15) is 0 Å². The van der Waals surface area contributed by atoms with E-state index in [4.69, 9.17) is 0 Å². The van der Waals surface area contributed by atoms with Crippen molar-refractivity contribution in [3.05, 3.63) is 35.9 Å². The number of carbonyl (C=O) groups is 1. The van der Waals surface area contributed by atoms with E-state index in [2.05, 4.69) is 4.72 Å². The van der Waals surface area contributed by atoms with Crippen molar-refractivity contribution in [1.82, 2.24) is 9.62 Å². The van der Waals surface area contributed by atoms with Crippen molar-refractivity contribution in [2.75, 3.05) is 19.6 Å². The lowest BCUT2D eigenvalue weighted by molar-refractivity contribution is 0.0529. The fraction of sp³-hybridized carbons (Fsp3) is 0.611. The number of nitrogens with one attached hydrogen (secondary N) is 1. The normalized spacial score (nSPS) is 23.6. The molecule has 0 radical (unpaired) electrons. The topological polar surface area (TPSA) is 86.7 Å². The molecule has 1 aromatic carbocycles. The maximum atomic E-state index is 12.6. The Bertz CT molecular complexity index is 699. The lowest BCUT2D eigenvalue weighted by Gasteiger charge is -2.33. The highest BCUT2D eigenvalue weighted by Gasteiger charge is 2.36. The minimum atomic E-state index is -3.56. The van der Waals surface area contributed by atoms with Gasteiger partial charge in [0.2, 0.25) is 10.0 Å². The van der Waals surface area contributed by atoms with Crippen LogP contribution >= 0.6 is 0 Å². The van der Waals surface area contributed by atoms with Crippen molar-refractivity contribution in [3.8, 4) is 0 Å². The molecule has 1 amide bonds. The molecule has 1 aromatic rings. The van der Waals surface area contributed by atoms with Crippen LogP contribution in [0.3, 0.4) is 0 Å². The lowest BCUT2D eigenvalue weighted by Crippen LogP contribution is -2.50. The molecule has 2 aliphatic rings. The molecule has 1 atom stereocenters. The molecule has 6 nitrogen and oxygen atoms in total. The Morgan fingerprint density at radius 2 is 1.88 bits per heavy atom. The van der Waals surface area contributed by atoms with Gasteiger partial charge < -0.3 is 10.0 Å². The van der Waals surface area contributed by atoms with Gasteiger partial charge in [-0.25, -0.2) is 13.1 Å². The SMILES string of the molecule is O=C(c1ccccc1)N1CCC[C@@H](S(=O)(=O)NCC2(O)CCCC2)C1. The Morgan fingerprint density at radius 1 is 1.20 bits per heavy atom. The van der Waals surface area contributed by atoms with Crippen LogP contribution in [0.15, 0.2) is 30.3 Å². The Hall–Kier alpha value is -1.44. The standard InChI is InChI=1S/C18H26N2O4S/c21-17(15-7-2-1-3-8-15)20-12-6-9-16(13-20)25(23,24)19-14-18(22)10-4-5-11-18/h1-3,7-8,16,19,22H,4-6,9-14H2/t16-/m1/s1. The first-order chi connectivity index (χ1) is 11.9. The third-order valence-electron chi connectivity index (χ3n) is 5.26. The van der Waals surface area contributed by atoms with Crippen molar-refractivity contribution in [1.29, 1.82) is 0 Å². The monoisotopic (exact) mass is 366 g/mol. The fourth-order valence-corrected chi connectivity index (χ4v) is 5.26. The maximum Gasteiger partial charge on any atom is 0.253 e. The van der Waals surface area contributed by atoms with E-state index < -0.39 is 20.9 Å². The third-order valence-corrected chi connectivity index (χ3v) is 7.07. The number of benzene rings is 1. The predicted octanol–water partition coefficient (Wildman–Crippen LogP) is 1.52. The molecule has 0 spiro atoms. The number of hydrogen-bond acceptors (Lipinski definition) is 4. The fourth-order valence-electron chi connectivity index (χ4n) is 3.70. The van der Waals surface area contributed by atoms with Crippen LogP contribution in [0.2, 0.25) is 0 Å². The van der Waals surface area contributed by atoms with Gasteiger partial charge in [-0.1, -0.05) is 31.0 Å². The first-order valence-corrected chi connectivity index (χ1v) is 10.5. The number of rotatable bonds is 5. The van der Waals surface area contributed by atoms with E-state index >= 15 is 0 Å². The quantitative estimate of drug-likeness (QED) is 0.827. The summed E-state index contributed by atoms with van der Waals surface area (Å²) >= 11 is 0. The summed E-state index contributed by atoms with van der Waals surface area (Å²) in [6.07, 6.45) is 4.33. The molecule has 2 N–H and O–H groups in total. The zero-order valence-electron chi connectivity index (χ0n) is 14.4. The molecular weight excluding hydrogens is 340 g/mol. The summed E-state index contributed by atoms with van der Waals surface area (Å²) in [7, 11) is -3.56. The molecule has 1 saturated heterocycles. The number of amides is 1. The first kappa shape index (κ1) is 18.4. The van der Waals surface area contributed by atoms with Gasteiger partial charge in [0.1, 0.15) is 0 Å². The molecule has 1 aliphatic carbocycles. The zero-order chi connectivity index (χ0) is 17.9. The highest BCUT2D eigenvalue weighted by atomic mass is 32.2. The van der Waals surface area contributed by atoms with Gasteiger partial charge in [0.05, 0.1) is 10.9 Å². The van der Waals surface area contributed by atoms with Gasteiger partial charge in [-0.3, -0.25) is 4.79 Å². The molecule has 0 aromatic heterocycles. The van der Waals surface area contributed by atoms with Crippen LogP contribution < -0.4 is 4.72 Å². The predicted molar refractivity (Wildman–Crippen MR) is 95.7 cm³/mol. The van der Waals surface area contributed by atoms with Crippen molar-refractivity contribution >= 4 is 15.9 Å². The third kappa shape index (κ3) is 4.40. The maximum absolute atomic E-state index is 12.6. The number of hydrogen-bond donors (Lipinski definition) is 2. The molecule has 0 bridgehead atoms. The van der Waals surface area contributed by atoms with Crippen LogP contribution in [0.4, 0.5) is 0 Å². The molecule has 2 fully saturated rings. The molecular formula is C18H26N2O4S. The largest absolute Gasteiger partial charge is 0.389 e. The second-order valence-corrected chi connectivity index (χ2v) is 9.22. The van der Waals surface area contributed by atoms with E-state index in [1.54, 1.807) is 29.2 Å². The van der Waals surface area contributed by atoms with Crippen molar-refractivity contribution in [2.45, 2.75) is 49.4 Å². The van der Waals surface area contributed by atoms with E-state index in [-0.39, 0.29) is 19.0 Å². The van der Waals surface area contributed by atoms with Gasteiger partial charge in [0.25, 0.3) is 5.91 Å². The molecule has 25 heavy (non-hydrogen) atoms. The molecule has 1 heterocycles. The van der Waals surface area contributed by atoms with Crippen LogP contribution in [0.5, 0.6) is 0 Å². The summed E-state index contributed by atoms with van der Waals surface area (Å²) < 4.78 is 27.9. The number of likely N-dealkylation sites (tertiary alicyclic amines) is 1. The average Bonchev–Trinajstić information content (AvgIpc) is 3.07. The van der Waals surface area contributed by atoms with E-state index in [1.807, 2.05) is 6.07 Å². The summed E-state index contributed by atoms with van der Waals surface area (Å²) in [4.78, 5) is 14.2. The molecule has 138 valence electrons. The van der Waals surface area contributed by atoms with Gasteiger partial charge >= 0.3 is 0 Å². The van der Waals surface area contributed by atoms with Crippen LogP contribution in [0.1, 0.15) is 48.9 Å². The van der Waals surface area contributed by atoms with Crippen molar-refractivity contribution < 1.29 is 18.3 Å². The number of piperidine rings is 1. The number of sulfonamides is 1. The van der Waals surface area contributed by atoms with E-state index in [0.29, 0.717) is 37.8 Å². The van der Waals surface area contributed by atoms with Crippen LogP contribution in [0, 0.1) is 0 Å².